The number of nitrogens with two attached hydrogens (primary N) is 1. The summed E-state index contributed by atoms with van der Waals surface area (Å²) in [4.78, 5) is 17.6. The lowest BCUT2D eigenvalue weighted by atomic mass is 10.2. The van der Waals surface area contributed by atoms with Gasteiger partial charge in [-0.05, 0) is 12.1 Å². The fourth-order valence-corrected chi connectivity index (χ4v) is 3.17. The van der Waals surface area contributed by atoms with Crippen LogP contribution in [0.2, 0.25) is 0 Å². The highest BCUT2D eigenvalue weighted by Gasteiger charge is 2.37. The Balaban J connectivity index is 2.01. The molecule has 7 nitrogen and oxygen atoms in total. The molecule has 2 heterocycles. The number of sulfonamides is 1. The van der Waals surface area contributed by atoms with Gasteiger partial charge in [0.2, 0.25) is 15.9 Å². The van der Waals surface area contributed by atoms with Gasteiger partial charge in [0.05, 0.1) is 17.7 Å². The van der Waals surface area contributed by atoms with Crippen LogP contribution in [-0.4, -0.2) is 35.7 Å². The largest absolute Gasteiger partial charge is 0.309 e. The number of hydrogen-bond acceptors (Lipinski definition) is 4. The van der Waals surface area contributed by atoms with Gasteiger partial charge in [-0.1, -0.05) is 12.1 Å². The normalized spacial score (nSPS) is 19.2. The van der Waals surface area contributed by atoms with Crippen molar-refractivity contribution in [2.75, 3.05) is 11.4 Å². The van der Waals surface area contributed by atoms with E-state index in [9.17, 15) is 13.2 Å². The average molecular weight is 306 g/mol. The molecule has 110 valence electrons. The Hall–Kier alpha value is -2.19. The second-order valence-corrected chi connectivity index (χ2v) is 6.72. The van der Waals surface area contributed by atoms with Crippen molar-refractivity contribution < 1.29 is 13.2 Å². The number of rotatable bonds is 3. The van der Waals surface area contributed by atoms with Gasteiger partial charge in [-0.3, -0.25) is 4.79 Å². The van der Waals surface area contributed by atoms with E-state index in [1.165, 1.54) is 4.90 Å². The van der Waals surface area contributed by atoms with Gasteiger partial charge in [-0.2, -0.15) is 0 Å². The number of para-hydroxylation sites is 2. The molecule has 1 saturated heterocycles. The van der Waals surface area contributed by atoms with Crippen molar-refractivity contribution >= 4 is 21.6 Å². The van der Waals surface area contributed by atoms with E-state index in [0.717, 1.165) is 5.69 Å². The zero-order valence-electron chi connectivity index (χ0n) is 11.1. The average Bonchev–Trinajstić information content (AvgIpc) is 3.07. The lowest BCUT2D eigenvalue weighted by Crippen LogP contribution is -2.32. The molecule has 1 aromatic carbocycles. The van der Waals surface area contributed by atoms with Gasteiger partial charge >= 0.3 is 0 Å². The molecule has 3 rings (SSSR count). The number of primary sulfonamides is 1. The molecule has 1 aliphatic heterocycles. The van der Waals surface area contributed by atoms with Gasteiger partial charge in [0.1, 0.15) is 5.25 Å². The maximum atomic E-state index is 12.1. The maximum Gasteiger partial charge on any atom is 0.228 e. The number of carbonyl (C=O) groups excluding carboxylic acids is 1. The highest BCUT2D eigenvalue weighted by atomic mass is 32.2. The molecule has 1 amide bonds. The molecule has 8 heteroatoms. The minimum atomic E-state index is -3.72. The fourth-order valence-electron chi connectivity index (χ4n) is 2.44. The summed E-state index contributed by atoms with van der Waals surface area (Å²) < 4.78 is 24.7. The zero-order valence-corrected chi connectivity index (χ0v) is 11.9. The topological polar surface area (TPSA) is 98.3 Å². The Morgan fingerprint density at radius 2 is 1.95 bits per heavy atom. The summed E-state index contributed by atoms with van der Waals surface area (Å²) in [6.07, 6.45) is 4.93. The second kappa shape index (κ2) is 4.97. The highest BCUT2D eigenvalue weighted by Crippen LogP contribution is 2.29. The van der Waals surface area contributed by atoms with Gasteiger partial charge in [0, 0.05) is 25.4 Å². The van der Waals surface area contributed by atoms with E-state index in [1.807, 2.05) is 12.1 Å². The van der Waals surface area contributed by atoms with Crippen molar-refractivity contribution in [3.8, 4) is 5.69 Å². The Labute approximate surface area is 122 Å². The van der Waals surface area contributed by atoms with Crippen LogP contribution < -0.4 is 10.0 Å². The molecule has 0 saturated carbocycles. The predicted molar refractivity (Wildman–Crippen MR) is 77.4 cm³/mol. The Morgan fingerprint density at radius 1 is 1.24 bits per heavy atom. The number of aromatic nitrogens is 2. The van der Waals surface area contributed by atoms with Crippen LogP contribution in [0.4, 0.5) is 5.69 Å². The van der Waals surface area contributed by atoms with Crippen molar-refractivity contribution in [1.29, 1.82) is 0 Å². The summed E-state index contributed by atoms with van der Waals surface area (Å²) in [5.41, 5.74) is 1.41. The molecule has 21 heavy (non-hydrogen) atoms. The van der Waals surface area contributed by atoms with Crippen molar-refractivity contribution in [1.82, 2.24) is 9.55 Å². The van der Waals surface area contributed by atoms with Crippen LogP contribution in [0.15, 0.2) is 43.0 Å². The van der Waals surface area contributed by atoms with E-state index in [0.29, 0.717) is 5.69 Å². The molecule has 0 aliphatic carbocycles. The van der Waals surface area contributed by atoms with E-state index in [1.54, 1.807) is 35.4 Å². The van der Waals surface area contributed by atoms with E-state index in [-0.39, 0.29) is 18.9 Å². The molecule has 1 aliphatic rings. The smallest absolute Gasteiger partial charge is 0.228 e. The summed E-state index contributed by atoms with van der Waals surface area (Å²) in [6, 6.07) is 7.26. The van der Waals surface area contributed by atoms with Crippen LogP contribution in [-0.2, 0) is 14.8 Å². The maximum absolute atomic E-state index is 12.1. The molecular formula is C13H14N4O3S. The Kier molecular flexibility index (Phi) is 3.26. The van der Waals surface area contributed by atoms with Crippen LogP contribution in [0, 0.1) is 0 Å². The molecule has 0 spiro atoms. The van der Waals surface area contributed by atoms with Crippen LogP contribution in [0.3, 0.4) is 0 Å². The summed E-state index contributed by atoms with van der Waals surface area (Å²) in [5, 5.41) is 4.29. The van der Waals surface area contributed by atoms with E-state index in [4.69, 9.17) is 5.14 Å². The van der Waals surface area contributed by atoms with Gasteiger partial charge in [0.15, 0.2) is 0 Å². The second-order valence-electron chi connectivity index (χ2n) is 4.88. The lowest BCUT2D eigenvalue weighted by Gasteiger charge is -2.20. The molecule has 2 N–H and O–H groups in total. The number of anilines is 1. The first-order valence-corrected chi connectivity index (χ1v) is 7.97. The van der Waals surface area contributed by atoms with Crippen LogP contribution in [0.5, 0.6) is 0 Å². The number of nitrogens with zero attached hydrogens (tertiary/aromatic N) is 3. The highest BCUT2D eigenvalue weighted by molar-refractivity contribution is 7.89. The van der Waals surface area contributed by atoms with Crippen molar-refractivity contribution in [3.63, 3.8) is 0 Å². The van der Waals surface area contributed by atoms with Crippen LogP contribution in [0.1, 0.15) is 6.42 Å². The molecule has 1 aromatic heterocycles. The number of carbonyl (C=O) groups is 1. The minimum absolute atomic E-state index is 0.0728. The van der Waals surface area contributed by atoms with Gasteiger partial charge in [0.25, 0.3) is 0 Å². The summed E-state index contributed by atoms with van der Waals surface area (Å²) in [5.74, 6) is -0.249. The molecule has 1 unspecified atom stereocenters. The van der Waals surface area contributed by atoms with Crippen molar-refractivity contribution in [3.05, 3.63) is 43.0 Å². The number of imidazole rings is 1. The quantitative estimate of drug-likeness (QED) is 0.879. The Bertz CT molecular complexity index is 770. The van der Waals surface area contributed by atoms with E-state index < -0.39 is 15.3 Å². The third-order valence-corrected chi connectivity index (χ3v) is 4.75. The third-order valence-electron chi connectivity index (χ3n) is 3.51. The lowest BCUT2D eigenvalue weighted by molar-refractivity contribution is -0.117. The zero-order chi connectivity index (χ0) is 15.0. The van der Waals surface area contributed by atoms with Gasteiger partial charge < -0.3 is 9.47 Å². The van der Waals surface area contributed by atoms with E-state index in [2.05, 4.69) is 4.98 Å². The monoisotopic (exact) mass is 306 g/mol. The SMILES string of the molecule is NS(=O)(=O)C1CC(=O)N(c2ccccc2-n2ccnc2)C1. The van der Waals surface area contributed by atoms with Gasteiger partial charge in [-0.25, -0.2) is 18.5 Å². The molecular weight excluding hydrogens is 292 g/mol. The minimum Gasteiger partial charge on any atom is -0.309 e. The molecule has 2 aromatic rings. The number of amides is 1. The predicted octanol–water partition coefficient (Wildman–Crippen LogP) is 0.266. The first-order chi connectivity index (χ1) is 9.97. The van der Waals surface area contributed by atoms with Crippen molar-refractivity contribution in [2.24, 2.45) is 5.14 Å². The van der Waals surface area contributed by atoms with E-state index >= 15 is 0 Å². The van der Waals surface area contributed by atoms with Crippen molar-refractivity contribution in [2.45, 2.75) is 11.7 Å². The third kappa shape index (κ3) is 2.55. The number of hydrogen-bond donors (Lipinski definition) is 1. The first kappa shape index (κ1) is 13.8. The van der Waals surface area contributed by atoms with Crippen LogP contribution in [0.25, 0.3) is 5.69 Å². The van der Waals surface area contributed by atoms with Gasteiger partial charge in [-0.15, -0.1) is 0 Å². The summed E-state index contributed by atoms with van der Waals surface area (Å²) >= 11 is 0. The first-order valence-electron chi connectivity index (χ1n) is 6.36. The summed E-state index contributed by atoms with van der Waals surface area (Å²) in [6.45, 7) is 0.0728. The fraction of sp³-hybridized carbons (Fsp3) is 0.231. The molecule has 1 atom stereocenters. The summed E-state index contributed by atoms with van der Waals surface area (Å²) in [7, 11) is -3.72. The molecule has 0 radical (unpaired) electrons. The molecule has 0 bridgehead atoms. The number of benzene rings is 1. The van der Waals surface area contributed by atoms with Crippen LogP contribution >= 0.6 is 0 Å². The standard InChI is InChI=1S/C13H14N4O3S/c14-21(19,20)10-7-13(18)17(8-10)12-4-2-1-3-11(12)16-6-5-15-9-16/h1-6,9-10H,7-8H2,(H2,14,19,20). The Morgan fingerprint density at radius 3 is 2.52 bits per heavy atom. The molecule has 1 fully saturated rings.